The van der Waals surface area contributed by atoms with E-state index in [4.69, 9.17) is 9.26 Å². The molecule has 0 unspecified atom stereocenters. The zero-order chi connectivity index (χ0) is 18.7. The molecule has 26 heavy (non-hydrogen) atoms. The Bertz CT molecular complexity index is 999. The van der Waals surface area contributed by atoms with Crippen LogP contribution in [0.2, 0.25) is 0 Å². The molecule has 0 radical (unpaired) electrons. The van der Waals surface area contributed by atoms with Crippen molar-refractivity contribution in [1.29, 1.82) is 0 Å². The number of rotatable bonds is 6. The number of carbonyl (C=O) groups excluding carboxylic acids is 1. The van der Waals surface area contributed by atoms with Crippen LogP contribution in [0.25, 0.3) is 10.7 Å². The van der Waals surface area contributed by atoms with Crippen molar-refractivity contribution in [2.24, 2.45) is 0 Å². The van der Waals surface area contributed by atoms with E-state index in [1.54, 1.807) is 6.07 Å². The first kappa shape index (κ1) is 18.1. The van der Waals surface area contributed by atoms with Crippen LogP contribution in [-0.4, -0.2) is 30.3 Å². The highest BCUT2D eigenvalue weighted by Gasteiger charge is 2.26. The predicted molar refractivity (Wildman–Crippen MR) is 86.4 cm³/mol. The Hall–Kier alpha value is -2.66. The lowest BCUT2D eigenvalue weighted by molar-refractivity contribution is 0.0429. The summed E-state index contributed by atoms with van der Waals surface area (Å²) in [6, 6.07) is 7.64. The third-order valence-corrected chi connectivity index (χ3v) is 5.45. The van der Waals surface area contributed by atoms with Crippen LogP contribution in [0.4, 0.5) is 8.78 Å². The number of nitrogens with zero attached hydrogens (tertiary/aromatic N) is 2. The summed E-state index contributed by atoms with van der Waals surface area (Å²) in [7, 11) is -4.71. The van der Waals surface area contributed by atoms with Crippen LogP contribution in [0.3, 0.4) is 0 Å². The van der Waals surface area contributed by atoms with Gasteiger partial charge in [0.15, 0.2) is 6.61 Å². The van der Waals surface area contributed by atoms with Crippen LogP contribution < -0.4 is 0 Å². The van der Waals surface area contributed by atoms with Crippen LogP contribution in [0.5, 0.6) is 0 Å². The van der Waals surface area contributed by atoms with Gasteiger partial charge in [0.1, 0.15) is 0 Å². The Balaban J connectivity index is 1.64. The van der Waals surface area contributed by atoms with Gasteiger partial charge in [-0.25, -0.2) is 13.2 Å². The van der Waals surface area contributed by atoms with Gasteiger partial charge in [0.2, 0.25) is 15.7 Å². The molecule has 3 aromatic rings. The van der Waals surface area contributed by atoms with Gasteiger partial charge >= 0.3 is 11.7 Å². The number of hydrogen-bond acceptors (Lipinski definition) is 8. The Kier molecular flexibility index (Phi) is 5.09. The van der Waals surface area contributed by atoms with Crippen molar-refractivity contribution in [3.05, 3.63) is 53.2 Å². The number of alkyl halides is 2. The fourth-order valence-electron chi connectivity index (χ4n) is 1.91. The summed E-state index contributed by atoms with van der Waals surface area (Å²) in [4.78, 5) is 16.2. The first-order valence-corrected chi connectivity index (χ1v) is 9.46. The number of thiophene rings is 1. The summed E-state index contributed by atoms with van der Waals surface area (Å²) in [6.45, 7) is -0.283. The van der Waals surface area contributed by atoms with Gasteiger partial charge in [0, 0.05) is 0 Å². The summed E-state index contributed by atoms with van der Waals surface area (Å²) >= 11 is 1.42. The Morgan fingerprint density at radius 2 is 1.96 bits per heavy atom. The molecule has 2 heterocycles. The van der Waals surface area contributed by atoms with E-state index in [-0.39, 0.29) is 18.1 Å². The summed E-state index contributed by atoms with van der Waals surface area (Å²) in [5, 5.41) is 5.61. The Morgan fingerprint density at radius 1 is 1.23 bits per heavy atom. The van der Waals surface area contributed by atoms with Gasteiger partial charge in [0.25, 0.3) is 5.89 Å². The van der Waals surface area contributed by atoms with Crippen LogP contribution in [0.1, 0.15) is 16.2 Å². The van der Waals surface area contributed by atoms with Gasteiger partial charge in [-0.3, -0.25) is 0 Å². The highest BCUT2D eigenvalue weighted by molar-refractivity contribution is 7.91. The van der Waals surface area contributed by atoms with Crippen LogP contribution in [0, 0.1) is 0 Å². The fraction of sp³-hybridized carbons (Fsp3) is 0.133. The summed E-state index contributed by atoms with van der Waals surface area (Å²) in [5.74, 6) is -3.87. The van der Waals surface area contributed by atoms with E-state index in [0.717, 1.165) is 29.1 Å². The molecule has 0 saturated carbocycles. The summed E-state index contributed by atoms with van der Waals surface area (Å²) < 4.78 is 57.6. The van der Waals surface area contributed by atoms with Crippen molar-refractivity contribution in [2.75, 3.05) is 0 Å². The number of ether oxygens (including phenoxy) is 1. The average molecular weight is 400 g/mol. The van der Waals surface area contributed by atoms with Crippen molar-refractivity contribution >= 4 is 27.1 Å². The average Bonchev–Trinajstić information content (AvgIpc) is 3.31. The van der Waals surface area contributed by atoms with Crippen LogP contribution in [0.15, 0.2) is 51.2 Å². The first-order valence-electron chi connectivity index (χ1n) is 7.03. The molecule has 0 spiro atoms. The Morgan fingerprint density at radius 3 is 2.58 bits per heavy atom. The molecule has 7 nitrogen and oxygen atoms in total. The van der Waals surface area contributed by atoms with Crippen molar-refractivity contribution in [3.63, 3.8) is 0 Å². The first-order chi connectivity index (χ1) is 12.4. The van der Waals surface area contributed by atoms with Gasteiger partial charge < -0.3 is 9.26 Å². The third-order valence-electron chi connectivity index (χ3n) is 3.19. The standard InChI is InChI=1S/C15H10F2N2O5S2/c16-15(17)26(21,22)10-5-3-9(4-6-10)14(20)23-8-12-18-13(19-24-12)11-2-1-7-25-11/h1-7,15H,8H2. The second-order valence-corrected chi connectivity index (χ2v) is 7.76. The molecular weight excluding hydrogens is 390 g/mol. The smallest absolute Gasteiger partial charge is 0.341 e. The minimum atomic E-state index is -4.71. The zero-order valence-corrected chi connectivity index (χ0v) is 14.5. The third kappa shape index (κ3) is 3.78. The number of carbonyl (C=O) groups is 1. The molecule has 3 rings (SSSR count). The molecule has 0 atom stereocenters. The maximum Gasteiger partial charge on any atom is 0.341 e. The van der Waals surface area contributed by atoms with Crippen molar-refractivity contribution < 1.29 is 31.3 Å². The summed E-state index contributed by atoms with van der Waals surface area (Å²) in [5.41, 5.74) is -0.00351. The van der Waals surface area contributed by atoms with E-state index in [2.05, 4.69) is 10.1 Å². The maximum atomic E-state index is 12.5. The maximum absolute atomic E-state index is 12.5. The molecule has 2 aromatic heterocycles. The molecule has 1 aromatic carbocycles. The highest BCUT2D eigenvalue weighted by Crippen LogP contribution is 2.22. The quantitative estimate of drug-likeness (QED) is 0.586. The molecule has 11 heteroatoms. The van der Waals surface area contributed by atoms with Crippen LogP contribution >= 0.6 is 11.3 Å². The van der Waals surface area contributed by atoms with E-state index in [9.17, 15) is 22.0 Å². The number of hydrogen-bond donors (Lipinski definition) is 0. The van der Waals surface area contributed by atoms with Crippen molar-refractivity contribution in [2.45, 2.75) is 17.3 Å². The molecule has 136 valence electrons. The van der Waals surface area contributed by atoms with Gasteiger partial charge in [-0.15, -0.1) is 11.3 Å². The molecular formula is C15H10F2N2O5S2. The summed E-state index contributed by atoms with van der Waals surface area (Å²) in [6.07, 6.45) is 0. The molecule has 0 saturated heterocycles. The lowest BCUT2D eigenvalue weighted by Gasteiger charge is -2.05. The molecule has 0 bridgehead atoms. The van der Waals surface area contributed by atoms with E-state index in [0.29, 0.717) is 5.82 Å². The molecule has 0 amide bonds. The van der Waals surface area contributed by atoms with E-state index >= 15 is 0 Å². The molecule has 0 N–H and O–H groups in total. The van der Waals surface area contributed by atoms with Gasteiger partial charge in [-0.05, 0) is 35.7 Å². The van der Waals surface area contributed by atoms with Crippen molar-refractivity contribution in [3.8, 4) is 10.7 Å². The molecule has 0 aliphatic carbocycles. The van der Waals surface area contributed by atoms with Crippen LogP contribution in [-0.2, 0) is 21.2 Å². The topological polar surface area (TPSA) is 99.4 Å². The molecule has 0 fully saturated rings. The van der Waals surface area contributed by atoms with E-state index in [1.807, 2.05) is 11.4 Å². The number of esters is 1. The normalized spacial score (nSPS) is 11.7. The number of benzene rings is 1. The number of halogens is 2. The number of sulfone groups is 1. The lowest BCUT2D eigenvalue weighted by Crippen LogP contribution is -2.12. The van der Waals surface area contributed by atoms with E-state index in [1.165, 1.54) is 11.3 Å². The second kappa shape index (κ2) is 7.30. The predicted octanol–water partition coefficient (Wildman–Crippen LogP) is 3.15. The monoisotopic (exact) mass is 400 g/mol. The lowest BCUT2D eigenvalue weighted by atomic mass is 10.2. The highest BCUT2D eigenvalue weighted by atomic mass is 32.2. The number of aromatic nitrogens is 2. The minimum Gasteiger partial charge on any atom is -0.452 e. The minimum absolute atomic E-state index is 0.00351. The Labute approximate surface area is 150 Å². The van der Waals surface area contributed by atoms with Gasteiger partial charge in [-0.1, -0.05) is 11.2 Å². The van der Waals surface area contributed by atoms with Crippen molar-refractivity contribution in [1.82, 2.24) is 10.1 Å². The zero-order valence-electron chi connectivity index (χ0n) is 12.8. The second-order valence-electron chi connectivity index (χ2n) is 4.90. The molecule has 0 aliphatic rings. The largest absolute Gasteiger partial charge is 0.452 e. The SMILES string of the molecule is O=C(OCc1nc(-c2cccs2)no1)c1ccc(S(=O)(=O)C(F)F)cc1. The van der Waals surface area contributed by atoms with Gasteiger partial charge in [0.05, 0.1) is 15.3 Å². The van der Waals surface area contributed by atoms with Gasteiger partial charge in [-0.2, -0.15) is 13.8 Å². The fourth-order valence-corrected chi connectivity index (χ4v) is 3.28. The van der Waals surface area contributed by atoms with E-state index < -0.39 is 26.5 Å². The molecule has 0 aliphatic heterocycles.